The van der Waals surface area contributed by atoms with Gasteiger partial charge in [0, 0.05) is 6.26 Å². The number of sulfone groups is 1. The average molecular weight is 262 g/mol. The lowest BCUT2D eigenvalue weighted by Crippen LogP contribution is -2.66. The molecule has 0 aromatic carbocycles. The first-order valence-electron chi connectivity index (χ1n) is 4.86. The van der Waals surface area contributed by atoms with Gasteiger partial charge in [0.15, 0.2) is 9.84 Å². The lowest BCUT2D eigenvalue weighted by molar-refractivity contribution is -0.154. The van der Waals surface area contributed by atoms with E-state index in [1.54, 1.807) is 0 Å². The van der Waals surface area contributed by atoms with E-state index in [4.69, 9.17) is 0 Å². The number of imide groups is 1. The van der Waals surface area contributed by atoms with Crippen LogP contribution in [0.4, 0.5) is 0 Å². The third-order valence-electron chi connectivity index (χ3n) is 2.47. The van der Waals surface area contributed by atoms with E-state index < -0.39 is 38.9 Å². The Labute approximate surface area is 99.1 Å². The molecule has 1 rings (SSSR count). The monoisotopic (exact) mass is 262 g/mol. The fourth-order valence-electron chi connectivity index (χ4n) is 1.49. The largest absolute Gasteiger partial charge is 0.318 e. The molecule has 1 saturated heterocycles. The van der Waals surface area contributed by atoms with Gasteiger partial charge in [0.2, 0.25) is 11.8 Å². The molecule has 7 nitrogen and oxygen atoms in total. The van der Waals surface area contributed by atoms with Crippen LogP contribution in [0.2, 0.25) is 0 Å². The molecule has 1 heterocycles. The van der Waals surface area contributed by atoms with Crippen molar-refractivity contribution in [1.82, 2.24) is 10.2 Å². The summed E-state index contributed by atoms with van der Waals surface area (Å²) in [6, 6.07) is 0. The Morgan fingerprint density at radius 3 is 2.41 bits per heavy atom. The van der Waals surface area contributed by atoms with Crippen LogP contribution in [0, 0.1) is 0 Å². The van der Waals surface area contributed by atoms with Gasteiger partial charge in [-0.3, -0.25) is 19.7 Å². The van der Waals surface area contributed by atoms with Crippen molar-refractivity contribution in [2.75, 3.05) is 18.6 Å². The van der Waals surface area contributed by atoms with Crippen LogP contribution in [0.15, 0.2) is 0 Å². The maximum absolute atomic E-state index is 11.7. The second-order valence-corrected chi connectivity index (χ2v) is 6.63. The molecule has 0 aromatic rings. The quantitative estimate of drug-likeness (QED) is 0.597. The number of nitrogens with zero attached hydrogens (tertiary/aromatic N) is 1. The van der Waals surface area contributed by atoms with Gasteiger partial charge in [0.1, 0.15) is 17.8 Å². The van der Waals surface area contributed by atoms with Gasteiger partial charge in [-0.15, -0.1) is 0 Å². The summed E-state index contributed by atoms with van der Waals surface area (Å²) >= 11 is 0. The van der Waals surface area contributed by atoms with Crippen molar-refractivity contribution in [2.24, 2.45) is 0 Å². The molecule has 1 N–H and O–H groups in total. The summed E-state index contributed by atoms with van der Waals surface area (Å²) in [5.41, 5.74) is -1.23. The Kier molecular flexibility index (Phi) is 3.28. The Morgan fingerprint density at radius 1 is 1.41 bits per heavy atom. The Hall–Kier alpha value is -1.44. The molecular weight excluding hydrogens is 248 g/mol. The highest BCUT2D eigenvalue weighted by Crippen LogP contribution is 2.18. The fourth-order valence-corrected chi connectivity index (χ4v) is 2.09. The summed E-state index contributed by atoms with van der Waals surface area (Å²) in [5, 5.41) is 2.10. The number of amides is 3. The van der Waals surface area contributed by atoms with Crippen molar-refractivity contribution in [3.05, 3.63) is 0 Å². The topological polar surface area (TPSA) is 101 Å². The number of rotatable bonds is 2. The normalized spacial score (nSPS) is 20.1. The minimum absolute atomic E-state index is 0.312. The third-order valence-corrected chi connectivity index (χ3v) is 3.24. The second-order valence-electron chi connectivity index (χ2n) is 4.49. The molecule has 1 aliphatic heterocycles. The molecular formula is C9H14N2O5S. The summed E-state index contributed by atoms with van der Waals surface area (Å²) in [6.45, 7) is 2.59. The molecule has 1 fully saturated rings. The summed E-state index contributed by atoms with van der Waals surface area (Å²) < 4.78 is 22.1. The average Bonchev–Trinajstić information content (AvgIpc) is 2.08. The summed E-state index contributed by atoms with van der Waals surface area (Å²) in [6.07, 6.45) is 0.920. The molecule has 0 spiro atoms. The molecule has 8 heteroatoms. The summed E-state index contributed by atoms with van der Waals surface area (Å²) in [4.78, 5) is 35.4. The van der Waals surface area contributed by atoms with Crippen LogP contribution in [-0.4, -0.2) is 55.1 Å². The molecule has 96 valence electrons. The highest BCUT2D eigenvalue weighted by atomic mass is 32.2. The second kappa shape index (κ2) is 4.10. The van der Waals surface area contributed by atoms with Crippen LogP contribution in [0.1, 0.15) is 13.8 Å². The van der Waals surface area contributed by atoms with Crippen LogP contribution in [0.5, 0.6) is 0 Å². The zero-order valence-corrected chi connectivity index (χ0v) is 10.6. The standard InChI is InChI=1S/C9H14N2O5S/c1-9(2)8(14)10-6(12)4-11(9)7(13)5-17(3,15)16/h4-5H2,1-3H3,(H,10,12,14). The molecule has 0 saturated carbocycles. The molecule has 0 radical (unpaired) electrons. The van der Waals surface area contributed by atoms with Crippen LogP contribution in [0.3, 0.4) is 0 Å². The Balaban J connectivity index is 2.98. The van der Waals surface area contributed by atoms with Crippen molar-refractivity contribution < 1.29 is 22.8 Å². The van der Waals surface area contributed by atoms with Crippen molar-refractivity contribution in [3.63, 3.8) is 0 Å². The van der Waals surface area contributed by atoms with E-state index in [0.717, 1.165) is 11.2 Å². The molecule has 0 unspecified atom stereocenters. The van der Waals surface area contributed by atoms with Gasteiger partial charge in [-0.25, -0.2) is 8.42 Å². The van der Waals surface area contributed by atoms with Gasteiger partial charge < -0.3 is 4.90 Å². The smallest absolute Gasteiger partial charge is 0.252 e. The van der Waals surface area contributed by atoms with Gasteiger partial charge in [-0.05, 0) is 13.8 Å². The van der Waals surface area contributed by atoms with Crippen LogP contribution < -0.4 is 5.32 Å². The predicted octanol–water partition coefficient (Wildman–Crippen LogP) is -1.71. The number of piperazine rings is 1. The number of hydrogen-bond donors (Lipinski definition) is 1. The Morgan fingerprint density at radius 2 is 1.94 bits per heavy atom. The summed E-state index contributed by atoms with van der Waals surface area (Å²) in [5.74, 6) is -2.69. The van der Waals surface area contributed by atoms with Crippen molar-refractivity contribution in [1.29, 1.82) is 0 Å². The molecule has 0 atom stereocenters. The van der Waals surface area contributed by atoms with Gasteiger partial charge in [-0.1, -0.05) is 0 Å². The minimum atomic E-state index is -3.49. The van der Waals surface area contributed by atoms with Gasteiger partial charge in [0.25, 0.3) is 5.91 Å². The first kappa shape index (κ1) is 13.6. The number of hydrogen-bond acceptors (Lipinski definition) is 5. The number of carbonyl (C=O) groups excluding carboxylic acids is 3. The van der Waals surface area contributed by atoms with E-state index in [1.807, 2.05) is 0 Å². The Bertz CT molecular complexity index is 480. The zero-order chi connectivity index (χ0) is 13.4. The van der Waals surface area contributed by atoms with Crippen molar-refractivity contribution in [3.8, 4) is 0 Å². The van der Waals surface area contributed by atoms with E-state index in [1.165, 1.54) is 13.8 Å². The van der Waals surface area contributed by atoms with Crippen LogP contribution in [0.25, 0.3) is 0 Å². The first-order chi connectivity index (χ1) is 7.54. The van der Waals surface area contributed by atoms with Crippen LogP contribution in [-0.2, 0) is 24.2 Å². The van der Waals surface area contributed by atoms with Gasteiger partial charge in [-0.2, -0.15) is 0 Å². The first-order valence-corrected chi connectivity index (χ1v) is 6.92. The highest BCUT2D eigenvalue weighted by Gasteiger charge is 2.43. The third kappa shape index (κ3) is 3.02. The van der Waals surface area contributed by atoms with E-state index in [9.17, 15) is 22.8 Å². The zero-order valence-electron chi connectivity index (χ0n) is 9.81. The maximum Gasteiger partial charge on any atom is 0.252 e. The van der Waals surface area contributed by atoms with Crippen molar-refractivity contribution >= 4 is 27.6 Å². The SMILES string of the molecule is CC1(C)C(=O)NC(=O)CN1C(=O)CS(C)(=O)=O. The lowest BCUT2D eigenvalue weighted by Gasteiger charge is -2.39. The highest BCUT2D eigenvalue weighted by molar-refractivity contribution is 7.91. The molecule has 17 heavy (non-hydrogen) atoms. The van der Waals surface area contributed by atoms with Gasteiger partial charge in [0.05, 0.1) is 0 Å². The molecule has 1 aliphatic rings. The van der Waals surface area contributed by atoms with Crippen molar-refractivity contribution in [2.45, 2.75) is 19.4 Å². The molecule has 0 aromatic heterocycles. The minimum Gasteiger partial charge on any atom is -0.318 e. The molecule has 0 aliphatic carbocycles. The van der Waals surface area contributed by atoms with E-state index >= 15 is 0 Å². The van der Waals surface area contributed by atoms with E-state index in [2.05, 4.69) is 5.32 Å². The summed E-state index contributed by atoms with van der Waals surface area (Å²) in [7, 11) is -3.49. The predicted molar refractivity (Wildman–Crippen MR) is 58.7 cm³/mol. The lowest BCUT2D eigenvalue weighted by atomic mass is 9.99. The maximum atomic E-state index is 11.7. The van der Waals surface area contributed by atoms with Gasteiger partial charge >= 0.3 is 0 Å². The molecule has 0 bridgehead atoms. The number of nitrogens with one attached hydrogen (secondary N) is 1. The fraction of sp³-hybridized carbons (Fsp3) is 0.667. The van der Waals surface area contributed by atoms with Crippen LogP contribution >= 0.6 is 0 Å². The number of carbonyl (C=O) groups is 3. The van der Waals surface area contributed by atoms with E-state index in [0.29, 0.717) is 0 Å². The van der Waals surface area contributed by atoms with E-state index in [-0.39, 0.29) is 6.54 Å². The molecule has 3 amide bonds.